The molecule has 5 rings (SSSR count). The van der Waals surface area contributed by atoms with Crippen molar-refractivity contribution in [2.75, 3.05) is 25.4 Å². The lowest BCUT2D eigenvalue weighted by molar-refractivity contribution is -0.141. The second kappa shape index (κ2) is 13.8. The van der Waals surface area contributed by atoms with Crippen LogP contribution in [0.15, 0.2) is 18.2 Å². The van der Waals surface area contributed by atoms with Crippen LogP contribution in [-0.2, 0) is 4.79 Å². The van der Waals surface area contributed by atoms with Crippen LogP contribution < -0.4 is 10.2 Å². The summed E-state index contributed by atoms with van der Waals surface area (Å²) in [6.07, 6.45) is 18.2. The van der Waals surface area contributed by atoms with E-state index in [4.69, 9.17) is 4.74 Å². The molecule has 4 fully saturated rings. The largest absolute Gasteiger partial charge is 0.504 e. The summed E-state index contributed by atoms with van der Waals surface area (Å²) in [4.78, 5) is 16.1. The number of ether oxygens (including phenoxy) is 1. The maximum atomic E-state index is 14.0. The Bertz CT molecular complexity index is 898. The molecule has 1 amide bonds. The number of hydrogen-bond acceptors (Lipinski definition) is 6. The number of phenols is 1. The van der Waals surface area contributed by atoms with Crippen molar-refractivity contribution < 1.29 is 14.6 Å². The van der Waals surface area contributed by atoms with Crippen molar-refractivity contribution in [2.45, 2.75) is 114 Å². The smallest absolute Gasteiger partial charge is 0.261 e. The number of carbonyl (C=O) groups excluding carboxylic acids is 1. The molecule has 3 atom stereocenters. The zero-order valence-electron chi connectivity index (χ0n) is 23.4. The molecule has 1 aromatic rings. The van der Waals surface area contributed by atoms with Gasteiger partial charge in [-0.3, -0.25) is 10.2 Å². The maximum Gasteiger partial charge on any atom is 0.261 e. The zero-order valence-corrected chi connectivity index (χ0v) is 24.2. The zero-order chi connectivity index (χ0) is 26.3. The summed E-state index contributed by atoms with van der Waals surface area (Å²) in [5, 5.41) is 13.3. The van der Waals surface area contributed by atoms with Crippen LogP contribution in [0.4, 0.5) is 0 Å². The van der Waals surface area contributed by atoms with Gasteiger partial charge in [0, 0.05) is 24.4 Å². The lowest BCUT2D eigenvalue weighted by atomic mass is 9.82. The highest BCUT2D eigenvalue weighted by molar-refractivity contribution is 8.00. The number of hydrazine groups is 1. The van der Waals surface area contributed by atoms with Crippen molar-refractivity contribution in [2.24, 2.45) is 11.8 Å². The van der Waals surface area contributed by atoms with E-state index in [0.717, 1.165) is 36.9 Å². The van der Waals surface area contributed by atoms with Crippen LogP contribution in [0.1, 0.15) is 95.5 Å². The van der Waals surface area contributed by atoms with E-state index in [1.165, 1.54) is 89.2 Å². The van der Waals surface area contributed by atoms with E-state index >= 15 is 0 Å². The molecule has 4 aliphatic rings. The minimum Gasteiger partial charge on any atom is -0.504 e. The van der Waals surface area contributed by atoms with Gasteiger partial charge in [-0.05, 0) is 67.9 Å². The van der Waals surface area contributed by atoms with Gasteiger partial charge in [0.05, 0.1) is 6.17 Å². The van der Waals surface area contributed by atoms with E-state index in [-0.39, 0.29) is 24.4 Å². The van der Waals surface area contributed by atoms with Gasteiger partial charge in [0.2, 0.25) is 0 Å². The van der Waals surface area contributed by atoms with E-state index in [0.29, 0.717) is 17.0 Å². The van der Waals surface area contributed by atoms with Crippen LogP contribution in [0.2, 0.25) is 0 Å². The molecule has 0 radical (unpaired) electrons. The second-order valence-corrected chi connectivity index (χ2v) is 13.5. The van der Waals surface area contributed by atoms with Gasteiger partial charge in [-0.25, -0.2) is 5.01 Å². The fourth-order valence-corrected chi connectivity index (χ4v) is 9.05. The molecule has 1 aromatic carbocycles. The first-order valence-corrected chi connectivity index (χ1v) is 16.5. The molecule has 7 heteroatoms. The number of rotatable bonds is 8. The van der Waals surface area contributed by atoms with E-state index in [1.54, 1.807) is 12.1 Å². The Kier molecular flexibility index (Phi) is 10.2. The van der Waals surface area contributed by atoms with Crippen LogP contribution in [0, 0.1) is 18.8 Å². The summed E-state index contributed by atoms with van der Waals surface area (Å²) < 4.78 is 5.93. The monoisotopic (exact) mass is 543 g/mol. The Balaban J connectivity index is 1.33. The van der Waals surface area contributed by atoms with Gasteiger partial charge in [-0.2, -0.15) is 11.8 Å². The highest BCUT2D eigenvalue weighted by Crippen LogP contribution is 2.43. The maximum absolute atomic E-state index is 14.0. The molecule has 2 saturated carbocycles. The predicted octanol–water partition coefficient (Wildman–Crippen LogP) is 6.26. The van der Waals surface area contributed by atoms with Gasteiger partial charge in [0.25, 0.3) is 5.91 Å². The minimum atomic E-state index is -0.0306. The van der Waals surface area contributed by atoms with Gasteiger partial charge in [-0.1, -0.05) is 70.3 Å². The quantitative estimate of drug-likeness (QED) is 0.377. The third-order valence-electron chi connectivity index (χ3n) is 9.52. The van der Waals surface area contributed by atoms with Crippen molar-refractivity contribution in [3.8, 4) is 11.5 Å². The van der Waals surface area contributed by atoms with Crippen LogP contribution in [0.25, 0.3) is 0 Å². The van der Waals surface area contributed by atoms with Crippen LogP contribution in [0.5, 0.6) is 11.5 Å². The van der Waals surface area contributed by atoms with Gasteiger partial charge >= 0.3 is 0 Å². The molecule has 0 bridgehead atoms. The number of amides is 1. The molecule has 2 saturated heterocycles. The molecule has 0 spiro atoms. The molecule has 2 heterocycles. The summed E-state index contributed by atoms with van der Waals surface area (Å²) >= 11 is 2.10. The first-order valence-electron chi connectivity index (χ1n) is 15.5. The number of phenolic OH excluding ortho intramolecular Hbond substituents is 1. The minimum absolute atomic E-state index is 0.0306. The van der Waals surface area contributed by atoms with Crippen molar-refractivity contribution >= 4 is 17.7 Å². The molecule has 38 heavy (non-hydrogen) atoms. The average molecular weight is 544 g/mol. The number of benzene rings is 1. The highest BCUT2D eigenvalue weighted by Gasteiger charge is 2.41. The summed E-state index contributed by atoms with van der Waals surface area (Å²) in [6.45, 7) is 3.64. The SMILES string of the molecule is Cc1ccc(OCC(=O)N(CC2SCCC2C2CCCCCC2)C2CCNN2C2CCCCCC2)c(O)c1. The number of nitrogens with one attached hydrogen (secondary N) is 1. The fourth-order valence-electron chi connectivity index (χ4n) is 7.47. The summed E-state index contributed by atoms with van der Waals surface area (Å²) in [5.74, 6) is 3.29. The second-order valence-electron chi connectivity index (χ2n) is 12.1. The van der Waals surface area contributed by atoms with E-state index in [9.17, 15) is 9.90 Å². The number of carbonyl (C=O) groups is 1. The molecule has 6 nitrogen and oxygen atoms in total. The lowest BCUT2D eigenvalue weighted by Crippen LogP contribution is -2.57. The third kappa shape index (κ3) is 7.00. The predicted molar refractivity (Wildman–Crippen MR) is 155 cm³/mol. The van der Waals surface area contributed by atoms with Crippen LogP contribution in [-0.4, -0.2) is 63.8 Å². The van der Waals surface area contributed by atoms with E-state index < -0.39 is 0 Å². The van der Waals surface area contributed by atoms with Crippen molar-refractivity contribution in [1.29, 1.82) is 0 Å². The summed E-state index contributed by atoms with van der Waals surface area (Å²) in [7, 11) is 0. The first kappa shape index (κ1) is 28.1. The molecule has 2 aliphatic heterocycles. The van der Waals surface area contributed by atoms with Crippen molar-refractivity contribution in [3.63, 3.8) is 0 Å². The Labute approximate surface area is 234 Å². The molecule has 2 aliphatic carbocycles. The van der Waals surface area contributed by atoms with Crippen LogP contribution in [0.3, 0.4) is 0 Å². The molecular formula is C31H49N3O3S. The fraction of sp³-hybridized carbons (Fsp3) is 0.774. The van der Waals surface area contributed by atoms with Gasteiger partial charge in [0.1, 0.15) is 0 Å². The summed E-state index contributed by atoms with van der Waals surface area (Å²) in [5.41, 5.74) is 4.66. The molecule has 0 aromatic heterocycles. The Morgan fingerprint density at radius 3 is 2.45 bits per heavy atom. The lowest BCUT2D eigenvalue weighted by Gasteiger charge is -2.41. The Morgan fingerprint density at radius 1 is 1.03 bits per heavy atom. The number of thioether (sulfide) groups is 1. The number of aryl methyl sites for hydroxylation is 1. The van der Waals surface area contributed by atoms with Gasteiger partial charge < -0.3 is 14.7 Å². The Morgan fingerprint density at radius 2 is 1.74 bits per heavy atom. The number of nitrogens with zero attached hydrogens (tertiary/aromatic N) is 2. The molecule has 2 N–H and O–H groups in total. The standard InChI is InChI=1S/C31H49N3O3S/c1-23-14-15-28(27(35)20-23)37-22-31(36)33(30-16-18-32-34(30)25-12-8-4-5-9-13-25)21-29-26(17-19-38-29)24-10-6-2-3-7-11-24/h14-15,20,24-26,29-30,32,35H,2-13,16-19,21-22H2,1H3. The van der Waals surface area contributed by atoms with Crippen molar-refractivity contribution in [1.82, 2.24) is 15.3 Å². The van der Waals surface area contributed by atoms with E-state index in [1.807, 2.05) is 13.0 Å². The third-order valence-corrected chi connectivity index (χ3v) is 10.9. The number of hydrogen-bond donors (Lipinski definition) is 2. The molecular weight excluding hydrogens is 494 g/mol. The summed E-state index contributed by atoms with van der Waals surface area (Å²) in [6, 6.07) is 5.87. The van der Waals surface area contributed by atoms with Crippen molar-refractivity contribution in [3.05, 3.63) is 23.8 Å². The number of aromatic hydroxyl groups is 1. The topological polar surface area (TPSA) is 65.0 Å². The first-order chi connectivity index (χ1) is 18.6. The molecule has 3 unspecified atom stereocenters. The molecule has 212 valence electrons. The van der Waals surface area contributed by atoms with Gasteiger partial charge in [-0.15, -0.1) is 0 Å². The van der Waals surface area contributed by atoms with E-state index in [2.05, 4.69) is 27.1 Å². The highest BCUT2D eigenvalue weighted by atomic mass is 32.2. The normalized spacial score (nSPS) is 28.2. The Hall–Kier alpha value is -1.44. The average Bonchev–Trinajstić information content (AvgIpc) is 3.38. The van der Waals surface area contributed by atoms with Gasteiger partial charge in [0.15, 0.2) is 18.1 Å². The van der Waals surface area contributed by atoms with Crippen LogP contribution >= 0.6 is 11.8 Å².